The molecule has 0 unspecified atom stereocenters. The molecular formula is C22H21FN2O3S. The van der Waals surface area contributed by atoms with Gasteiger partial charge in [-0.15, -0.1) is 0 Å². The lowest BCUT2D eigenvalue weighted by Gasteiger charge is -2.13. The van der Waals surface area contributed by atoms with Crippen LogP contribution in [0, 0.1) is 26.6 Å². The fourth-order valence-corrected chi connectivity index (χ4v) is 4.14. The van der Waals surface area contributed by atoms with E-state index in [1.807, 2.05) is 19.9 Å². The van der Waals surface area contributed by atoms with Gasteiger partial charge in [-0.05, 0) is 73.9 Å². The van der Waals surface area contributed by atoms with Gasteiger partial charge in [0.25, 0.3) is 15.9 Å². The first-order chi connectivity index (χ1) is 13.7. The van der Waals surface area contributed by atoms with E-state index in [1.165, 1.54) is 30.3 Å². The Morgan fingerprint density at radius 2 is 1.55 bits per heavy atom. The molecule has 1 amide bonds. The molecule has 0 bridgehead atoms. The molecule has 7 heteroatoms. The number of rotatable bonds is 5. The molecular weight excluding hydrogens is 391 g/mol. The van der Waals surface area contributed by atoms with Crippen molar-refractivity contribution in [2.24, 2.45) is 0 Å². The molecule has 3 aromatic rings. The Balaban J connectivity index is 1.88. The number of hydrogen-bond acceptors (Lipinski definition) is 3. The van der Waals surface area contributed by atoms with Gasteiger partial charge in [0.1, 0.15) is 5.82 Å². The van der Waals surface area contributed by atoms with E-state index in [4.69, 9.17) is 0 Å². The Morgan fingerprint density at radius 1 is 0.862 bits per heavy atom. The predicted octanol–water partition coefficient (Wildman–Crippen LogP) is 4.80. The first-order valence-corrected chi connectivity index (χ1v) is 10.4. The van der Waals surface area contributed by atoms with Crippen molar-refractivity contribution in [3.63, 3.8) is 0 Å². The Kier molecular flexibility index (Phi) is 5.70. The quantitative estimate of drug-likeness (QED) is 0.632. The van der Waals surface area contributed by atoms with Gasteiger partial charge in [0.05, 0.1) is 10.6 Å². The first-order valence-electron chi connectivity index (χ1n) is 8.94. The van der Waals surface area contributed by atoms with Gasteiger partial charge in [0.15, 0.2) is 0 Å². The maximum atomic E-state index is 13.9. The third kappa shape index (κ3) is 4.63. The zero-order chi connectivity index (χ0) is 21.2. The van der Waals surface area contributed by atoms with Crippen LogP contribution in [-0.4, -0.2) is 14.3 Å². The summed E-state index contributed by atoms with van der Waals surface area (Å²) in [7, 11) is -4.04. The number of amides is 1. The van der Waals surface area contributed by atoms with Crippen molar-refractivity contribution in [1.29, 1.82) is 0 Å². The van der Waals surface area contributed by atoms with E-state index < -0.39 is 15.8 Å². The molecule has 0 spiro atoms. The van der Waals surface area contributed by atoms with Gasteiger partial charge in [-0.1, -0.05) is 24.3 Å². The number of aryl methyl sites for hydroxylation is 3. The van der Waals surface area contributed by atoms with Crippen LogP contribution in [-0.2, 0) is 10.0 Å². The summed E-state index contributed by atoms with van der Waals surface area (Å²) >= 11 is 0. The molecule has 2 N–H and O–H groups in total. The number of carbonyl (C=O) groups excluding carboxylic acids is 1. The van der Waals surface area contributed by atoms with Crippen molar-refractivity contribution in [2.45, 2.75) is 25.7 Å². The summed E-state index contributed by atoms with van der Waals surface area (Å²) in [6.07, 6.45) is 0. The molecule has 0 atom stereocenters. The first kappa shape index (κ1) is 20.5. The Labute approximate surface area is 169 Å². The van der Waals surface area contributed by atoms with Crippen molar-refractivity contribution in [2.75, 3.05) is 10.0 Å². The molecule has 0 aromatic heterocycles. The summed E-state index contributed by atoms with van der Waals surface area (Å²) in [4.78, 5) is 12.5. The summed E-state index contributed by atoms with van der Waals surface area (Å²) in [5.74, 6) is -1.02. The second kappa shape index (κ2) is 8.05. The molecule has 0 aliphatic rings. The van der Waals surface area contributed by atoms with Crippen molar-refractivity contribution >= 4 is 27.3 Å². The van der Waals surface area contributed by atoms with Crippen molar-refractivity contribution in [1.82, 2.24) is 0 Å². The normalized spacial score (nSPS) is 11.2. The van der Waals surface area contributed by atoms with Gasteiger partial charge in [-0.2, -0.15) is 0 Å². The summed E-state index contributed by atoms with van der Waals surface area (Å²) < 4.78 is 41.7. The molecule has 3 rings (SSSR count). The highest BCUT2D eigenvalue weighted by Gasteiger charge is 2.20. The fraction of sp³-hybridized carbons (Fsp3) is 0.136. The summed E-state index contributed by atoms with van der Waals surface area (Å²) in [6.45, 7) is 5.50. The summed E-state index contributed by atoms with van der Waals surface area (Å²) in [5, 5.41) is 2.71. The molecule has 0 saturated heterocycles. The second-order valence-electron chi connectivity index (χ2n) is 6.82. The third-order valence-corrected chi connectivity index (χ3v) is 6.13. The minimum absolute atomic E-state index is 0.0429. The van der Waals surface area contributed by atoms with Crippen LogP contribution >= 0.6 is 0 Å². The van der Waals surface area contributed by atoms with Gasteiger partial charge >= 0.3 is 0 Å². The second-order valence-corrected chi connectivity index (χ2v) is 8.47. The Hall–Kier alpha value is -3.19. The van der Waals surface area contributed by atoms with Gasteiger partial charge in [-0.25, -0.2) is 12.8 Å². The van der Waals surface area contributed by atoms with Gasteiger partial charge in [-0.3, -0.25) is 9.52 Å². The van der Waals surface area contributed by atoms with Crippen LogP contribution < -0.4 is 10.0 Å². The van der Waals surface area contributed by atoms with E-state index in [-0.39, 0.29) is 16.5 Å². The maximum Gasteiger partial charge on any atom is 0.262 e. The average molecular weight is 412 g/mol. The summed E-state index contributed by atoms with van der Waals surface area (Å²) in [5.41, 5.74) is 3.19. The lowest BCUT2D eigenvalue weighted by atomic mass is 10.1. The Morgan fingerprint density at radius 3 is 2.24 bits per heavy atom. The van der Waals surface area contributed by atoms with E-state index in [0.29, 0.717) is 16.8 Å². The zero-order valence-corrected chi connectivity index (χ0v) is 17.1. The number of halogens is 1. The van der Waals surface area contributed by atoms with E-state index in [1.54, 1.807) is 31.2 Å². The average Bonchev–Trinajstić information content (AvgIpc) is 2.67. The van der Waals surface area contributed by atoms with Crippen LogP contribution in [0.3, 0.4) is 0 Å². The number of sulfonamides is 1. The number of nitrogens with one attached hydrogen (secondary N) is 2. The van der Waals surface area contributed by atoms with E-state index >= 15 is 0 Å². The summed E-state index contributed by atoms with van der Waals surface area (Å²) in [6, 6.07) is 15.4. The van der Waals surface area contributed by atoms with E-state index in [9.17, 15) is 17.6 Å². The molecule has 0 heterocycles. The molecule has 0 aliphatic heterocycles. The number of benzene rings is 3. The predicted molar refractivity (Wildman–Crippen MR) is 112 cm³/mol. The lowest BCUT2D eigenvalue weighted by Crippen LogP contribution is -2.17. The maximum absolute atomic E-state index is 13.9. The molecule has 29 heavy (non-hydrogen) atoms. The van der Waals surface area contributed by atoms with Gasteiger partial charge < -0.3 is 5.32 Å². The van der Waals surface area contributed by atoms with Crippen molar-refractivity contribution in [3.05, 3.63) is 88.7 Å². The zero-order valence-electron chi connectivity index (χ0n) is 16.3. The topological polar surface area (TPSA) is 75.3 Å². The van der Waals surface area contributed by atoms with Gasteiger partial charge in [0, 0.05) is 11.3 Å². The fourth-order valence-electron chi connectivity index (χ4n) is 2.80. The van der Waals surface area contributed by atoms with Crippen LogP contribution in [0.15, 0.2) is 65.6 Å². The van der Waals surface area contributed by atoms with Crippen molar-refractivity contribution < 1.29 is 17.6 Å². The monoisotopic (exact) mass is 412 g/mol. The van der Waals surface area contributed by atoms with Crippen LogP contribution in [0.25, 0.3) is 0 Å². The van der Waals surface area contributed by atoms with E-state index in [0.717, 1.165) is 11.1 Å². The van der Waals surface area contributed by atoms with E-state index in [2.05, 4.69) is 10.0 Å². The molecule has 3 aromatic carbocycles. The standard InChI is InChI=1S/C22H21FN2O3S/c1-14-8-10-17(12-16(14)3)22(26)24-18-11-9-15(2)21(13-18)29(27,28)25-20-7-5-4-6-19(20)23/h4-13,25H,1-3H3,(H,24,26). The molecule has 0 saturated carbocycles. The lowest BCUT2D eigenvalue weighted by molar-refractivity contribution is 0.102. The molecule has 0 aliphatic carbocycles. The smallest absolute Gasteiger partial charge is 0.262 e. The molecule has 150 valence electrons. The number of hydrogen-bond donors (Lipinski definition) is 2. The molecule has 0 fully saturated rings. The highest BCUT2D eigenvalue weighted by Crippen LogP contribution is 2.24. The van der Waals surface area contributed by atoms with Crippen LogP contribution in [0.2, 0.25) is 0 Å². The SMILES string of the molecule is Cc1ccc(C(=O)Nc2ccc(C)c(S(=O)(=O)Nc3ccccc3F)c2)cc1C. The highest BCUT2D eigenvalue weighted by atomic mass is 32.2. The molecule has 0 radical (unpaired) electrons. The molecule has 5 nitrogen and oxygen atoms in total. The van der Waals surface area contributed by atoms with Crippen molar-refractivity contribution in [3.8, 4) is 0 Å². The van der Waals surface area contributed by atoms with Crippen LogP contribution in [0.5, 0.6) is 0 Å². The number of anilines is 2. The highest BCUT2D eigenvalue weighted by molar-refractivity contribution is 7.92. The minimum atomic E-state index is -4.04. The Bertz CT molecular complexity index is 1190. The van der Waals surface area contributed by atoms with Crippen LogP contribution in [0.4, 0.5) is 15.8 Å². The largest absolute Gasteiger partial charge is 0.322 e. The number of para-hydroxylation sites is 1. The van der Waals surface area contributed by atoms with Gasteiger partial charge in [0.2, 0.25) is 0 Å². The third-order valence-electron chi connectivity index (χ3n) is 4.62. The number of carbonyl (C=O) groups is 1. The van der Waals surface area contributed by atoms with Crippen LogP contribution in [0.1, 0.15) is 27.0 Å². The minimum Gasteiger partial charge on any atom is -0.322 e.